The number of hydrogen-bond acceptors (Lipinski definition) is 2. The molecule has 1 saturated carbocycles. The van der Waals surface area contributed by atoms with Crippen LogP contribution in [0.3, 0.4) is 0 Å². The van der Waals surface area contributed by atoms with Crippen molar-refractivity contribution in [1.82, 2.24) is 4.90 Å². The molecule has 0 bridgehead atoms. The number of nitrogens with zero attached hydrogens (tertiary/aromatic N) is 1. The number of carbonyl (C=O) groups is 1. The van der Waals surface area contributed by atoms with E-state index in [4.69, 9.17) is 4.74 Å². The smallest absolute Gasteiger partial charge is 0.226 e. The number of amides is 1. The van der Waals surface area contributed by atoms with Gasteiger partial charge in [0.15, 0.2) is 0 Å². The second-order valence-corrected chi connectivity index (χ2v) is 6.94. The Bertz CT molecular complexity index is 791. The van der Waals surface area contributed by atoms with Crippen molar-refractivity contribution in [2.75, 3.05) is 13.7 Å². The Morgan fingerprint density at radius 3 is 2.84 bits per heavy atom. The van der Waals surface area contributed by atoms with E-state index < -0.39 is 0 Å². The maximum Gasteiger partial charge on any atom is 0.226 e. The SMILES string of the molecule is COc1ccccc1C1CC1C(=O)N1CCCC1c1cccc(F)c1. The summed E-state index contributed by atoms with van der Waals surface area (Å²) in [6.45, 7) is 0.759. The molecule has 1 heterocycles. The minimum Gasteiger partial charge on any atom is -0.496 e. The Kier molecular flexibility index (Phi) is 4.20. The fourth-order valence-corrected chi connectivity index (χ4v) is 4.09. The van der Waals surface area contributed by atoms with Crippen molar-refractivity contribution in [2.45, 2.75) is 31.2 Å². The molecule has 4 rings (SSSR count). The van der Waals surface area contributed by atoms with Crippen LogP contribution in [0.5, 0.6) is 5.75 Å². The van der Waals surface area contributed by atoms with Crippen LogP contribution in [0, 0.1) is 11.7 Å². The molecule has 4 heteroatoms. The van der Waals surface area contributed by atoms with Gasteiger partial charge in [-0.15, -0.1) is 0 Å². The highest BCUT2D eigenvalue weighted by Gasteiger charge is 2.48. The number of benzene rings is 2. The second-order valence-electron chi connectivity index (χ2n) is 6.94. The van der Waals surface area contributed by atoms with Crippen molar-refractivity contribution in [3.8, 4) is 5.75 Å². The van der Waals surface area contributed by atoms with Gasteiger partial charge >= 0.3 is 0 Å². The lowest BCUT2D eigenvalue weighted by atomic mass is 10.0. The summed E-state index contributed by atoms with van der Waals surface area (Å²) >= 11 is 0. The summed E-state index contributed by atoms with van der Waals surface area (Å²) in [6.07, 6.45) is 2.74. The molecule has 0 aromatic heterocycles. The van der Waals surface area contributed by atoms with Gasteiger partial charge in [-0.1, -0.05) is 30.3 Å². The molecule has 3 unspecified atom stereocenters. The molecule has 130 valence electrons. The molecule has 0 N–H and O–H groups in total. The van der Waals surface area contributed by atoms with E-state index in [1.165, 1.54) is 6.07 Å². The number of ether oxygens (including phenoxy) is 1. The molecule has 25 heavy (non-hydrogen) atoms. The second kappa shape index (κ2) is 6.51. The van der Waals surface area contributed by atoms with Gasteiger partial charge in [-0.3, -0.25) is 4.79 Å². The summed E-state index contributed by atoms with van der Waals surface area (Å²) in [6, 6.07) is 14.6. The molecule has 0 radical (unpaired) electrons. The number of methoxy groups -OCH3 is 1. The standard InChI is InChI=1S/C21H22FNO2/c1-25-20-10-3-2-8-16(20)17-13-18(17)21(24)23-11-5-9-19(23)14-6-4-7-15(22)12-14/h2-4,6-8,10,12,17-19H,5,9,11,13H2,1H3. The van der Waals surface area contributed by atoms with Gasteiger partial charge in [0.05, 0.1) is 13.2 Å². The molecule has 0 spiro atoms. The Balaban J connectivity index is 1.52. The van der Waals surface area contributed by atoms with Crippen LogP contribution in [0.4, 0.5) is 4.39 Å². The average molecular weight is 339 g/mol. The predicted octanol–water partition coefficient (Wildman–Crippen LogP) is 4.30. The minimum absolute atomic E-state index is 0.00196. The number of carbonyl (C=O) groups excluding carboxylic acids is 1. The lowest BCUT2D eigenvalue weighted by molar-refractivity contribution is -0.133. The van der Waals surface area contributed by atoms with Crippen molar-refractivity contribution in [3.05, 3.63) is 65.5 Å². The van der Waals surface area contributed by atoms with Crippen LogP contribution in [0.15, 0.2) is 48.5 Å². The van der Waals surface area contributed by atoms with E-state index in [0.717, 1.165) is 42.7 Å². The number of halogens is 1. The fourth-order valence-electron chi connectivity index (χ4n) is 4.09. The van der Waals surface area contributed by atoms with Crippen molar-refractivity contribution < 1.29 is 13.9 Å². The zero-order valence-corrected chi connectivity index (χ0v) is 14.3. The topological polar surface area (TPSA) is 29.5 Å². The van der Waals surface area contributed by atoms with E-state index in [9.17, 15) is 9.18 Å². The average Bonchev–Trinajstić information content (AvgIpc) is 3.28. The fraction of sp³-hybridized carbons (Fsp3) is 0.381. The van der Waals surface area contributed by atoms with Crippen LogP contribution in [0.2, 0.25) is 0 Å². The Hall–Kier alpha value is -2.36. The maximum atomic E-state index is 13.6. The minimum atomic E-state index is -0.241. The van der Waals surface area contributed by atoms with Crippen LogP contribution in [0.25, 0.3) is 0 Å². The third kappa shape index (κ3) is 3.01. The van der Waals surface area contributed by atoms with Gasteiger partial charge in [0, 0.05) is 12.5 Å². The first kappa shape index (κ1) is 16.1. The molecule has 2 aliphatic rings. The van der Waals surface area contributed by atoms with Crippen LogP contribution >= 0.6 is 0 Å². The number of para-hydroxylation sites is 1. The molecule has 2 fully saturated rings. The highest BCUT2D eigenvalue weighted by Crippen LogP contribution is 2.52. The molecular weight excluding hydrogens is 317 g/mol. The first-order chi connectivity index (χ1) is 12.2. The van der Waals surface area contributed by atoms with Crippen molar-refractivity contribution in [1.29, 1.82) is 0 Å². The molecule has 1 aliphatic heterocycles. The number of likely N-dealkylation sites (tertiary alicyclic amines) is 1. The summed E-state index contributed by atoms with van der Waals surface area (Å²) in [5.74, 6) is 1.06. The van der Waals surface area contributed by atoms with Crippen LogP contribution < -0.4 is 4.74 Å². The first-order valence-corrected chi connectivity index (χ1v) is 8.88. The Morgan fingerprint density at radius 1 is 1.20 bits per heavy atom. The number of hydrogen-bond donors (Lipinski definition) is 0. The van der Waals surface area contributed by atoms with Crippen LogP contribution in [0.1, 0.15) is 42.3 Å². The van der Waals surface area contributed by atoms with Gasteiger partial charge in [0.1, 0.15) is 11.6 Å². The predicted molar refractivity (Wildman–Crippen MR) is 93.9 cm³/mol. The summed E-state index contributed by atoms with van der Waals surface area (Å²) in [5.41, 5.74) is 2.02. The molecule has 1 saturated heterocycles. The van der Waals surface area contributed by atoms with E-state index in [2.05, 4.69) is 0 Å². The lowest BCUT2D eigenvalue weighted by Crippen LogP contribution is -2.32. The summed E-state index contributed by atoms with van der Waals surface area (Å²) in [5, 5.41) is 0. The van der Waals surface area contributed by atoms with Crippen molar-refractivity contribution in [3.63, 3.8) is 0 Å². The van der Waals surface area contributed by atoms with E-state index in [1.54, 1.807) is 19.2 Å². The van der Waals surface area contributed by atoms with Gasteiger partial charge in [0.25, 0.3) is 0 Å². The number of rotatable bonds is 4. The van der Waals surface area contributed by atoms with Gasteiger partial charge in [0.2, 0.25) is 5.91 Å². The zero-order valence-electron chi connectivity index (χ0n) is 14.3. The molecule has 2 aromatic carbocycles. The van der Waals surface area contributed by atoms with Gasteiger partial charge in [-0.2, -0.15) is 0 Å². The lowest BCUT2D eigenvalue weighted by Gasteiger charge is -2.25. The Morgan fingerprint density at radius 2 is 2.04 bits per heavy atom. The Labute approximate surface area is 147 Å². The normalized spacial score (nSPS) is 25.0. The highest BCUT2D eigenvalue weighted by atomic mass is 19.1. The molecule has 3 nitrogen and oxygen atoms in total. The maximum absolute atomic E-state index is 13.6. The van der Waals surface area contributed by atoms with Crippen LogP contribution in [-0.2, 0) is 4.79 Å². The summed E-state index contributed by atoms with van der Waals surface area (Å²) < 4.78 is 19.0. The van der Waals surface area contributed by atoms with Crippen LogP contribution in [-0.4, -0.2) is 24.5 Å². The molecule has 1 amide bonds. The summed E-state index contributed by atoms with van der Waals surface area (Å²) in [7, 11) is 1.67. The third-order valence-electron chi connectivity index (χ3n) is 5.42. The van der Waals surface area contributed by atoms with Gasteiger partial charge in [-0.05, 0) is 54.5 Å². The van der Waals surface area contributed by atoms with Gasteiger partial charge < -0.3 is 9.64 Å². The molecular formula is C21H22FNO2. The zero-order chi connectivity index (χ0) is 17.4. The van der Waals surface area contributed by atoms with E-state index in [0.29, 0.717) is 0 Å². The summed E-state index contributed by atoms with van der Waals surface area (Å²) in [4.78, 5) is 15.0. The monoisotopic (exact) mass is 339 g/mol. The molecule has 1 aliphatic carbocycles. The third-order valence-corrected chi connectivity index (χ3v) is 5.42. The van der Waals surface area contributed by atoms with E-state index >= 15 is 0 Å². The van der Waals surface area contributed by atoms with Crippen molar-refractivity contribution in [2.24, 2.45) is 5.92 Å². The van der Waals surface area contributed by atoms with E-state index in [1.807, 2.05) is 35.2 Å². The van der Waals surface area contributed by atoms with E-state index in [-0.39, 0.29) is 29.6 Å². The first-order valence-electron chi connectivity index (χ1n) is 8.88. The van der Waals surface area contributed by atoms with Crippen molar-refractivity contribution >= 4 is 5.91 Å². The molecule has 2 aromatic rings. The van der Waals surface area contributed by atoms with Gasteiger partial charge in [-0.25, -0.2) is 4.39 Å². The quantitative estimate of drug-likeness (QED) is 0.831. The largest absolute Gasteiger partial charge is 0.496 e. The highest BCUT2D eigenvalue weighted by molar-refractivity contribution is 5.84. The molecule has 3 atom stereocenters.